The Kier molecular flexibility index (Phi) is 4.57. The van der Waals surface area contributed by atoms with E-state index in [2.05, 4.69) is 75.4 Å². The standard InChI is InChI=1S/C19H22/c1-4-15(3)14-17-8-12-19(13-9-17)18-10-6-16(5-2)7-11-18/h6-14H,4-5H2,1-3H3. The highest BCUT2D eigenvalue weighted by molar-refractivity contribution is 5.66. The van der Waals surface area contributed by atoms with Gasteiger partial charge in [-0.05, 0) is 42.0 Å². The first-order valence-electron chi connectivity index (χ1n) is 7.09. The van der Waals surface area contributed by atoms with E-state index in [1.807, 2.05) is 0 Å². The Morgan fingerprint density at radius 3 is 1.84 bits per heavy atom. The minimum absolute atomic E-state index is 1.10. The monoisotopic (exact) mass is 250 g/mol. The van der Waals surface area contributed by atoms with E-state index in [0.29, 0.717) is 0 Å². The number of hydrogen-bond donors (Lipinski definition) is 0. The van der Waals surface area contributed by atoms with Crippen LogP contribution in [0.25, 0.3) is 17.2 Å². The van der Waals surface area contributed by atoms with Crippen LogP contribution in [0, 0.1) is 0 Å². The summed E-state index contributed by atoms with van der Waals surface area (Å²) in [5.41, 5.74) is 6.67. The first-order valence-corrected chi connectivity index (χ1v) is 7.09. The van der Waals surface area contributed by atoms with Gasteiger partial charge in [-0.3, -0.25) is 0 Å². The summed E-state index contributed by atoms with van der Waals surface area (Å²) in [6, 6.07) is 17.6. The highest BCUT2D eigenvalue weighted by Crippen LogP contribution is 2.21. The fourth-order valence-corrected chi connectivity index (χ4v) is 2.09. The molecule has 0 bridgehead atoms. The Morgan fingerprint density at radius 2 is 1.37 bits per heavy atom. The molecular formula is C19H22. The summed E-state index contributed by atoms with van der Waals surface area (Å²) in [4.78, 5) is 0. The number of hydrogen-bond acceptors (Lipinski definition) is 0. The van der Waals surface area contributed by atoms with E-state index in [1.165, 1.54) is 27.8 Å². The Labute approximate surface area is 116 Å². The van der Waals surface area contributed by atoms with Crippen molar-refractivity contribution in [2.75, 3.05) is 0 Å². The van der Waals surface area contributed by atoms with Crippen LogP contribution in [0.15, 0.2) is 54.1 Å². The lowest BCUT2D eigenvalue weighted by Gasteiger charge is -2.04. The van der Waals surface area contributed by atoms with E-state index < -0.39 is 0 Å². The lowest BCUT2D eigenvalue weighted by Crippen LogP contribution is -1.82. The van der Waals surface area contributed by atoms with E-state index in [-0.39, 0.29) is 0 Å². The molecule has 0 aliphatic rings. The molecule has 0 saturated heterocycles. The Balaban J connectivity index is 2.22. The summed E-state index contributed by atoms with van der Waals surface area (Å²) in [6.07, 6.45) is 4.46. The Morgan fingerprint density at radius 1 is 0.842 bits per heavy atom. The zero-order chi connectivity index (χ0) is 13.7. The molecule has 0 aliphatic carbocycles. The quantitative estimate of drug-likeness (QED) is 0.650. The van der Waals surface area contributed by atoms with Crippen LogP contribution in [0.4, 0.5) is 0 Å². The van der Waals surface area contributed by atoms with Crippen molar-refractivity contribution in [2.24, 2.45) is 0 Å². The molecule has 0 fully saturated rings. The van der Waals surface area contributed by atoms with Crippen molar-refractivity contribution < 1.29 is 0 Å². The van der Waals surface area contributed by atoms with E-state index >= 15 is 0 Å². The molecule has 2 aromatic carbocycles. The van der Waals surface area contributed by atoms with Gasteiger partial charge in [0.2, 0.25) is 0 Å². The van der Waals surface area contributed by atoms with Crippen LogP contribution < -0.4 is 0 Å². The lowest BCUT2D eigenvalue weighted by atomic mass is 10.0. The molecular weight excluding hydrogens is 228 g/mol. The first-order chi connectivity index (χ1) is 9.22. The molecule has 2 aromatic rings. The van der Waals surface area contributed by atoms with Gasteiger partial charge in [0.15, 0.2) is 0 Å². The fourth-order valence-electron chi connectivity index (χ4n) is 2.09. The third-order valence-corrected chi connectivity index (χ3v) is 3.58. The van der Waals surface area contributed by atoms with E-state index in [4.69, 9.17) is 0 Å². The zero-order valence-electron chi connectivity index (χ0n) is 12.1. The van der Waals surface area contributed by atoms with E-state index in [1.54, 1.807) is 0 Å². The predicted octanol–water partition coefficient (Wildman–Crippen LogP) is 5.73. The summed E-state index contributed by atoms with van der Waals surface area (Å²) in [5, 5.41) is 0. The molecule has 0 aromatic heterocycles. The molecule has 0 atom stereocenters. The van der Waals surface area contributed by atoms with Gasteiger partial charge in [-0.15, -0.1) is 0 Å². The van der Waals surface area contributed by atoms with Gasteiger partial charge in [0.05, 0.1) is 0 Å². The van der Waals surface area contributed by atoms with Gasteiger partial charge in [0.25, 0.3) is 0 Å². The third-order valence-electron chi connectivity index (χ3n) is 3.58. The largest absolute Gasteiger partial charge is 0.0730 e. The van der Waals surface area contributed by atoms with Crippen LogP contribution in [-0.4, -0.2) is 0 Å². The number of allylic oxidation sites excluding steroid dienone is 1. The van der Waals surface area contributed by atoms with Crippen LogP contribution >= 0.6 is 0 Å². The molecule has 2 rings (SSSR count). The second kappa shape index (κ2) is 6.38. The second-order valence-corrected chi connectivity index (χ2v) is 5.02. The average molecular weight is 250 g/mol. The smallest absolute Gasteiger partial charge is 0.0184 e. The SMILES string of the molecule is CCC(C)=Cc1ccc(-c2ccc(CC)cc2)cc1. The summed E-state index contributed by atoms with van der Waals surface area (Å²) in [7, 11) is 0. The van der Waals surface area contributed by atoms with Gasteiger partial charge in [-0.25, -0.2) is 0 Å². The minimum Gasteiger partial charge on any atom is -0.0730 e. The molecule has 98 valence electrons. The topological polar surface area (TPSA) is 0 Å². The van der Waals surface area contributed by atoms with Gasteiger partial charge >= 0.3 is 0 Å². The first kappa shape index (κ1) is 13.6. The fraction of sp³-hybridized carbons (Fsp3) is 0.263. The molecule has 0 nitrogen and oxygen atoms in total. The molecule has 19 heavy (non-hydrogen) atoms. The molecule has 0 N–H and O–H groups in total. The normalized spacial score (nSPS) is 11.6. The van der Waals surface area contributed by atoms with Gasteiger partial charge < -0.3 is 0 Å². The zero-order valence-corrected chi connectivity index (χ0v) is 12.1. The molecule has 0 heteroatoms. The summed E-state index contributed by atoms with van der Waals surface area (Å²) in [6.45, 7) is 6.55. The highest BCUT2D eigenvalue weighted by atomic mass is 14.0. The van der Waals surface area contributed by atoms with Crippen LogP contribution in [0.2, 0.25) is 0 Å². The van der Waals surface area contributed by atoms with Gasteiger partial charge in [0, 0.05) is 0 Å². The van der Waals surface area contributed by atoms with Crippen molar-refractivity contribution >= 4 is 6.08 Å². The van der Waals surface area contributed by atoms with Crippen molar-refractivity contribution in [3.8, 4) is 11.1 Å². The van der Waals surface area contributed by atoms with E-state index in [9.17, 15) is 0 Å². The molecule has 0 aliphatic heterocycles. The van der Waals surface area contributed by atoms with Crippen LogP contribution in [0.1, 0.15) is 38.3 Å². The maximum Gasteiger partial charge on any atom is -0.0184 e. The number of benzene rings is 2. The molecule has 0 unspecified atom stereocenters. The van der Waals surface area contributed by atoms with E-state index in [0.717, 1.165) is 12.8 Å². The second-order valence-electron chi connectivity index (χ2n) is 5.02. The van der Waals surface area contributed by atoms with Gasteiger partial charge in [0.1, 0.15) is 0 Å². The Bertz CT molecular complexity index is 542. The van der Waals surface area contributed by atoms with Crippen molar-refractivity contribution in [3.05, 3.63) is 65.2 Å². The molecule has 0 heterocycles. The Hall–Kier alpha value is -1.82. The molecule has 0 spiro atoms. The van der Waals surface area contributed by atoms with Gasteiger partial charge in [-0.2, -0.15) is 0 Å². The number of aryl methyl sites for hydroxylation is 1. The third kappa shape index (κ3) is 3.57. The number of rotatable bonds is 4. The van der Waals surface area contributed by atoms with Crippen LogP contribution in [0.3, 0.4) is 0 Å². The predicted molar refractivity (Wildman–Crippen MR) is 85.2 cm³/mol. The molecule has 0 amide bonds. The van der Waals surface area contributed by atoms with Crippen molar-refractivity contribution in [1.29, 1.82) is 0 Å². The maximum absolute atomic E-state index is 2.25. The molecule has 0 radical (unpaired) electrons. The summed E-state index contributed by atoms with van der Waals surface area (Å²) >= 11 is 0. The van der Waals surface area contributed by atoms with Crippen LogP contribution in [-0.2, 0) is 6.42 Å². The van der Waals surface area contributed by atoms with Gasteiger partial charge in [-0.1, -0.05) is 74.0 Å². The maximum atomic E-state index is 2.25. The summed E-state index contributed by atoms with van der Waals surface area (Å²) < 4.78 is 0. The highest BCUT2D eigenvalue weighted by Gasteiger charge is 1.98. The summed E-state index contributed by atoms with van der Waals surface area (Å²) in [5.74, 6) is 0. The van der Waals surface area contributed by atoms with Crippen molar-refractivity contribution in [2.45, 2.75) is 33.6 Å². The van der Waals surface area contributed by atoms with Crippen LogP contribution in [0.5, 0.6) is 0 Å². The van der Waals surface area contributed by atoms with Crippen molar-refractivity contribution in [3.63, 3.8) is 0 Å². The lowest BCUT2D eigenvalue weighted by molar-refractivity contribution is 1.11. The van der Waals surface area contributed by atoms with Crippen molar-refractivity contribution in [1.82, 2.24) is 0 Å². The average Bonchev–Trinajstić information content (AvgIpc) is 2.48. The molecule has 0 saturated carbocycles. The minimum atomic E-state index is 1.10.